The van der Waals surface area contributed by atoms with Gasteiger partial charge in [-0.25, -0.2) is 4.39 Å². The molecule has 6 heteroatoms. The summed E-state index contributed by atoms with van der Waals surface area (Å²) < 4.78 is 18.8. The van der Waals surface area contributed by atoms with Crippen LogP contribution in [-0.2, 0) is 16.1 Å². The number of nitrogens with zero attached hydrogens (tertiary/aromatic N) is 1. The summed E-state index contributed by atoms with van der Waals surface area (Å²) in [6, 6.07) is 12.6. The van der Waals surface area contributed by atoms with Crippen molar-refractivity contribution in [1.82, 2.24) is 10.2 Å². The summed E-state index contributed by atoms with van der Waals surface area (Å²) in [6.45, 7) is 5.86. The molecule has 144 valence electrons. The Kier molecular flexibility index (Phi) is 7.34. The van der Waals surface area contributed by atoms with Crippen molar-refractivity contribution in [3.05, 3.63) is 65.5 Å². The fourth-order valence-electron chi connectivity index (χ4n) is 2.63. The lowest BCUT2D eigenvalue weighted by Gasteiger charge is -2.28. The Bertz CT molecular complexity index is 777. The molecule has 0 aliphatic heterocycles. The first-order chi connectivity index (χ1) is 12.9. The SMILES string of the molecule is CCNC(=O)C(C)N(Cc1ccc(F)cc1)C(=O)COc1ccccc1C. The average Bonchev–Trinajstić information content (AvgIpc) is 2.66. The van der Waals surface area contributed by atoms with Crippen LogP contribution in [0.3, 0.4) is 0 Å². The third-order valence-corrected chi connectivity index (χ3v) is 4.23. The second-order valence-electron chi connectivity index (χ2n) is 6.27. The monoisotopic (exact) mass is 372 g/mol. The van der Waals surface area contributed by atoms with Gasteiger partial charge in [0.2, 0.25) is 5.91 Å². The van der Waals surface area contributed by atoms with Crippen molar-refractivity contribution in [2.75, 3.05) is 13.2 Å². The average molecular weight is 372 g/mol. The van der Waals surface area contributed by atoms with E-state index >= 15 is 0 Å². The van der Waals surface area contributed by atoms with E-state index in [0.717, 1.165) is 11.1 Å². The predicted octanol–water partition coefficient (Wildman–Crippen LogP) is 3.07. The molecule has 1 N–H and O–H groups in total. The van der Waals surface area contributed by atoms with Gasteiger partial charge in [-0.15, -0.1) is 0 Å². The number of rotatable bonds is 8. The van der Waals surface area contributed by atoms with Crippen molar-refractivity contribution in [2.24, 2.45) is 0 Å². The first kappa shape index (κ1) is 20.4. The Morgan fingerprint density at radius 2 is 1.81 bits per heavy atom. The summed E-state index contributed by atoms with van der Waals surface area (Å²) in [7, 11) is 0. The molecule has 0 bridgehead atoms. The zero-order valence-electron chi connectivity index (χ0n) is 15.9. The second-order valence-corrected chi connectivity index (χ2v) is 6.27. The van der Waals surface area contributed by atoms with E-state index in [0.29, 0.717) is 12.3 Å². The maximum Gasteiger partial charge on any atom is 0.261 e. The lowest BCUT2D eigenvalue weighted by Crippen LogP contribution is -2.49. The van der Waals surface area contributed by atoms with Gasteiger partial charge in [0.25, 0.3) is 5.91 Å². The van der Waals surface area contributed by atoms with Gasteiger partial charge in [0.1, 0.15) is 17.6 Å². The summed E-state index contributed by atoms with van der Waals surface area (Å²) >= 11 is 0. The van der Waals surface area contributed by atoms with E-state index in [4.69, 9.17) is 4.74 Å². The Balaban J connectivity index is 2.14. The highest BCUT2D eigenvalue weighted by molar-refractivity contribution is 5.87. The Morgan fingerprint density at radius 3 is 2.44 bits per heavy atom. The molecule has 0 aliphatic rings. The van der Waals surface area contributed by atoms with Gasteiger partial charge in [0.15, 0.2) is 6.61 Å². The summed E-state index contributed by atoms with van der Waals surface area (Å²) in [5.41, 5.74) is 1.66. The molecule has 0 saturated carbocycles. The van der Waals surface area contributed by atoms with Crippen LogP contribution in [0.1, 0.15) is 25.0 Å². The zero-order valence-corrected chi connectivity index (χ0v) is 15.9. The summed E-state index contributed by atoms with van der Waals surface area (Å²) in [6.07, 6.45) is 0. The van der Waals surface area contributed by atoms with E-state index in [1.165, 1.54) is 17.0 Å². The van der Waals surface area contributed by atoms with Gasteiger partial charge in [-0.1, -0.05) is 30.3 Å². The lowest BCUT2D eigenvalue weighted by molar-refractivity contribution is -0.142. The number of hydrogen-bond acceptors (Lipinski definition) is 3. The van der Waals surface area contributed by atoms with Crippen LogP contribution in [-0.4, -0.2) is 35.9 Å². The number of ether oxygens (including phenoxy) is 1. The van der Waals surface area contributed by atoms with Crippen LogP contribution in [0, 0.1) is 12.7 Å². The number of amides is 2. The molecule has 0 saturated heterocycles. The number of para-hydroxylation sites is 1. The largest absolute Gasteiger partial charge is 0.484 e. The normalized spacial score (nSPS) is 11.6. The van der Waals surface area contributed by atoms with E-state index in [1.807, 2.05) is 32.0 Å². The van der Waals surface area contributed by atoms with Crippen molar-refractivity contribution in [3.8, 4) is 5.75 Å². The fraction of sp³-hybridized carbons (Fsp3) is 0.333. The number of carbonyl (C=O) groups excluding carboxylic acids is 2. The van der Waals surface area contributed by atoms with Gasteiger partial charge in [0.05, 0.1) is 0 Å². The zero-order chi connectivity index (χ0) is 19.8. The molecule has 5 nitrogen and oxygen atoms in total. The lowest BCUT2D eigenvalue weighted by atomic mass is 10.1. The van der Waals surface area contributed by atoms with E-state index in [-0.39, 0.29) is 30.8 Å². The molecule has 0 heterocycles. The van der Waals surface area contributed by atoms with Crippen molar-refractivity contribution in [1.29, 1.82) is 0 Å². The first-order valence-corrected chi connectivity index (χ1v) is 8.92. The molecule has 0 radical (unpaired) electrons. The minimum Gasteiger partial charge on any atom is -0.484 e. The number of likely N-dealkylation sites (N-methyl/N-ethyl adjacent to an activating group) is 1. The third kappa shape index (κ3) is 5.81. The van der Waals surface area contributed by atoms with Crippen LogP contribution in [0.5, 0.6) is 5.75 Å². The number of nitrogens with one attached hydrogen (secondary N) is 1. The van der Waals surface area contributed by atoms with Crippen molar-refractivity contribution in [2.45, 2.75) is 33.4 Å². The van der Waals surface area contributed by atoms with Crippen LogP contribution in [0.2, 0.25) is 0 Å². The van der Waals surface area contributed by atoms with Crippen LogP contribution >= 0.6 is 0 Å². The molecule has 2 aromatic carbocycles. The molecule has 0 spiro atoms. The van der Waals surface area contributed by atoms with Crippen LogP contribution < -0.4 is 10.1 Å². The molecule has 1 unspecified atom stereocenters. The number of hydrogen-bond donors (Lipinski definition) is 1. The first-order valence-electron chi connectivity index (χ1n) is 8.92. The van der Waals surface area contributed by atoms with Crippen molar-refractivity contribution >= 4 is 11.8 Å². The molecule has 0 aromatic heterocycles. The molecule has 1 atom stereocenters. The Hall–Kier alpha value is -2.89. The van der Waals surface area contributed by atoms with Gasteiger partial charge in [0, 0.05) is 13.1 Å². The second kappa shape index (κ2) is 9.71. The Morgan fingerprint density at radius 1 is 1.15 bits per heavy atom. The highest BCUT2D eigenvalue weighted by atomic mass is 19.1. The summed E-state index contributed by atoms with van der Waals surface area (Å²) in [4.78, 5) is 26.5. The highest BCUT2D eigenvalue weighted by Crippen LogP contribution is 2.17. The molecular formula is C21H25FN2O3. The van der Waals surface area contributed by atoms with Gasteiger partial charge in [-0.2, -0.15) is 0 Å². The van der Waals surface area contributed by atoms with E-state index in [2.05, 4.69) is 5.32 Å². The number of benzene rings is 2. The topological polar surface area (TPSA) is 58.6 Å². The smallest absolute Gasteiger partial charge is 0.261 e. The van der Waals surface area contributed by atoms with E-state index in [9.17, 15) is 14.0 Å². The number of halogens is 1. The highest BCUT2D eigenvalue weighted by Gasteiger charge is 2.26. The minimum absolute atomic E-state index is 0.185. The number of carbonyl (C=O) groups is 2. The van der Waals surface area contributed by atoms with Gasteiger partial charge >= 0.3 is 0 Å². The van der Waals surface area contributed by atoms with Crippen molar-refractivity contribution < 1.29 is 18.7 Å². The number of aryl methyl sites for hydroxylation is 1. The van der Waals surface area contributed by atoms with Crippen molar-refractivity contribution in [3.63, 3.8) is 0 Å². The predicted molar refractivity (Wildman–Crippen MR) is 102 cm³/mol. The molecule has 0 fully saturated rings. The molecule has 2 aromatic rings. The van der Waals surface area contributed by atoms with Gasteiger partial charge in [-0.3, -0.25) is 9.59 Å². The maximum atomic E-state index is 13.2. The van der Waals surface area contributed by atoms with Crippen LogP contribution in [0.25, 0.3) is 0 Å². The summed E-state index contributed by atoms with van der Waals surface area (Å²) in [5.74, 6) is -0.292. The molecule has 0 aliphatic carbocycles. The molecule has 27 heavy (non-hydrogen) atoms. The maximum absolute atomic E-state index is 13.2. The quantitative estimate of drug-likeness (QED) is 0.775. The minimum atomic E-state index is -0.678. The third-order valence-electron chi connectivity index (χ3n) is 4.23. The van der Waals surface area contributed by atoms with Crippen LogP contribution in [0.4, 0.5) is 4.39 Å². The summed E-state index contributed by atoms with van der Waals surface area (Å²) in [5, 5.41) is 2.72. The molecule has 2 amide bonds. The van der Waals surface area contributed by atoms with Gasteiger partial charge < -0.3 is 15.0 Å². The fourth-order valence-corrected chi connectivity index (χ4v) is 2.63. The van der Waals surface area contributed by atoms with Crippen LogP contribution in [0.15, 0.2) is 48.5 Å². The molecule has 2 rings (SSSR count). The van der Waals surface area contributed by atoms with E-state index < -0.39 is 6.04 Å². The van der Waals surface area contributed by atoms with Gasteiger partial charge in [-0.05, 0) is 50.1 Å². The van der Waals surface area contributed by atoms with E-state index in [1.54, 1.807) is 25.1 Å². The molecular weight excluding hydrogens is 347 g/mol. The Labute approximate surface area is 159 Å². The standard InChI is InChI=1S/C21H25FN2O3/c1-4-23-21(26)16(3)24(13-17-9-11-18(22)12-10-17)20(25)14-27-19-8-6-5-7-15(19)2/h5-12,16H,4,13-14H2,1-3H3,(H,23,26).